The predicted molar refractivity (Wildman–Crippen MR) is 66.3 cm³/mol. The van der Waals surface area contributed by atoms with Gasteiger partial charge in [-0.1, -0.05) is 6.42 Å². The number of fused-ring (bicyclic) bond motifs is 1. The van der Waals surface area contributed by atoms with Crippen LogP contribution in [0.2, 0.25) is 0 Å². The lowest BCUT2D eigenvalue weighted by Gasteiger charge is -2.27. The van der Waals surface area contributed by atoms with Crippen molar-refractivity contribution in [2.24, 2.45) is 0 Å². The maximum Gasteiger partial charge on any atom is 0.197 e. The Kier molecular flexibility index (Phi) is 2.91. The smallest absolute Gasteiger partial charge is 0.197 e. The molecular formula is C14H17N3O. The summed E-state index contributed by atoms with van der Waals surface area (Å²) >= 11 is 0. The Bertz CT molecular complexity index is 520. The molecule has 0 bridgehead atoms. The third-order valence-electron chi connectivity index (χ3n) is 4.12. The largest absolute Gasteiger partial charge is 0.331 e. The minimum Gasteiger partial charge on any atom is -0.331 e. The fourth-order valence-corrected chi connectivity index (χ4v) is 2.93. The quantitative estimate of drug-likeness (QED) is 0.767. The highest BCUT2D eigenvalue weighted by molar-refractivity contribution is 5.96. The molecule has 1 aliphatic heterocycles. The first kappa shape index (κ1) is 11.5. The molecule has 1 aromatic heterocycles. The number of hydrogen-bond donors (Lipinski definition) is 0. The van der Waals surface area contributed by atoms with Crippen molar-refractivity contribution in [1.82, 2.24) is 9.55 Å². The van der Waals surface area contributed by atoms with Crippen molar-refractivity contribution in [3.05, 3.63) is 17.2 Å². The summed E-state index contributed by atoms with van der Waals surface area (Å²) in [5, 5.41) is 8.67. The van der Waals surface area contributed by atoms with Crippen molar-refractivity contribution in [3.8, 4) is 6.07 Å². The summed E-state index contributed by atoms with van der Waals surface area (Å²) in [5.41, 5.74) is 1.67. The zero-order chi connectivity index (χ0) is 12.5. The zero-order valence-electron chi connectivity index (χ0n) is 10.5. The third kappa shape index (κ3) is 1.74. The lowest BCUT2D eigenvalue weighted by Crippen LogP contribution is -2.19. The molecule has 2 heterocycles. The number of Topliss-reactive ketones (excluding diaryl/α,β-unsaturated/α-hetero) is 1. The number of nitriles is 1. The van der Waals surface area contributed by atoms with E-state index in [1.807, 2.05) is 6.07 Å². The highest BCUT2D eigenvalue weighted by atomic mass is 16.1. The predicted octanol–water partition coefficient (Wildman–Crippen LogP) is 2.58. The summed E-state index contributed by atoms with van der Waals surface area (Å²) < 4.78 is 2.26. The van der Waals surface area contributed by atoms with Crippen LogP contribution < -0.4 is 0 Å². The number of ketones is 1. The number of imidazole rings is 1. The highest BCUT2D eigenvalue weighted by Crippen LogP contribution is 2.38. The Morgan fingerprint density at radius 3 is 2.89 bits per heavy atom. The minimum atomic E-state index is -0.103. The van der Waals surface area contributed by atoms with Gasteiger partial charge in [0.2, 0.25) is 0 Å². The van der Waals surface area contributed by atoms with Gasteiger partial charge in [-0.05, 0) is 32.1 Å². The molecule has 4 nitrogen and oxygen atoms in total. The average Bonchev–Trinajstić information content (AvgIpc) is 2.68. The zero-order valence-corrected chi connectivity index (χ0v) is 10.5. The Hall–Kier alpha value is -1.63. The fourth-order valence-electron chi connectivity index (χ4n) is 2.93. The molecule has 1 fully saturated rings. The van der Waals surface area contributed by atoms with Gasteiger partial charge < -0.3 is 4.57 Å². The van der Waals surface area contributed by atoms with Crippen molar-refractivity contribution in [1.29, 1.82) is 5.26 Å². The monoisotopic (exact) mass is 243 g/mol. The summed E-state index contributed by atoms with van der Waals surface area (Å²) in [5.74, 6) is 1.55. The molecule has 4 heteroatoms. The van der Waals surface area contributed by atoms with E-state index >= 15 is 0 Å². The first-order chi connectivity index (χ1) is 8.81. The van der Waals surface area contributed by atoms with Gasteiger partial charge in [-0.2, -0.15) is 5.26 Å². The van der Waals surface area contributed by atoms with E-state index in [1.54, 1.807) is 0 Å². The van der Waals surface area contributed by atoms with Crippen LogP contribution in [-0.2, 0) is 13.0 Å². The number of nitrogens with zero attached hydrogens (tertiary/aromatic N) is 3. The van der Waals surface area contributed by atoms with Crippen molar-refractivity contribution < 1.29 is 4.79 Å². The van der Waals surface area contributed by atoms with E-state index in [9.17, 15) is 4.79 Å². The highest BCUT2D eigenvalue weighted by Gasteiger charge is 2.30. The molecule has 1 aliphatic carbocycles. The average molecular weight is 243 g/mol. The third-order valence-corrected chi connectivity index (χ3v) is 4.12. The molecular weight excluding hydrogens is 226 g/mol. The van der Waals surface area contributed by atoms with Crippen molar-refractivity contribution >= 4 is 5.78 Å². The van der Waals surface area contributed by atoms with Gasteiger partial charge in [0.05, 0.1) is 6.07 Å². The van der Waals surface area contributed by atoms with Gasteiger partial charge in [0.15, 0.2) is 5.78 Å². The van der Waals surface area contributed by atoms with E-state index in [-0.39, 0.29) is 12.2 Å². The van der Waals surface area contributed by atoms with Crippen LogP contribution in [0.3, 0.4) is 0 Å². The Labute approximate surface area is 107 Å². The number of carbonyl (C=O) groups is 1. The first-order valence-corrected chi connectivity index (χ1v) is 6.80. The van der Waals surface area contributed by atoms with Crippen molar-refractivity contribution in [2.75, 3.05) is 0 Å². The maximum atomic E-state index is 12.0. The molecule has 1 saturated carbocycles. The molecule has 94 valence electrons. The van der Waals surface area contributed by atoms with Crippen LogP contribution in [0.5, 0.6) is 0 Å². The van der Waals surface area contributed by atoms with E-state index in [2.05, 4.69) is 9.55 Å². The molecule has 1 aromatic rings. The summed E-state index contributed by atoms with van der Waals surface area (Å²) in [6, 6.07) is 1.94. The molecule has 0 spiro atoms. The molecule has 0 amide bonds. The van der Waals surface area contributed by atoms with Gasteiger partial charge in [-0.25, -0.2) is 4.98 Å². The number of hydrogen-bond acceptors (Lipinski definition) is 3. The van der Waals surface area contributed by atoms with Gasteiger partial charge in [-0.3, -0.25) is 4.79 Å². The fraction of sp³-hybridized carbons (Fsp3) is 0.643. The topological polar surface area (TPSA) is 58.7 Å². The minimum absolute atomic E-state index is 0.0475. The van der Waals surface area contributed by atoms with E-state index < -0.39 is 0 Å². The van der Waals surface area contributed by atoms with E-state index in [1.165, 1.54) is 25.7 Å². The number of rotatable bonds is 3. The molecule has 0 unspecified atom stereocenters. The second-order valence-electron chi connectivity index (χ2n) is 5.26. The molecule has 0 N–H and O–H groups in total. The second-order valence-corrected chi connectivity index (χ2v) is 5.26. The molecule has 0 radical (unpaired) electrons. The Balaban J connectivity index is 2.01. The van der Waals surface area contributed by atoms with Gasteiger partial charge in [0, 0.05) is 18.2 Å². The Morgan fingerprint density at radius 1 is 1.39 bits per heavy atom. The molecule has 0 aromatic carbocycles. The van der Waals surface area contributed by atoms with Gasteiger partial charge in [0.25, 0.3) is 0 Å². The lowest BCUT2D eigenvalue weighted by molar-refractivity contribution is 0.0992. The molecule has 3 rings (SSSR count). The number of aromatic nitrogens is 2. The van der Waals surface area contributed by atoms with Gasteiger partial charge >= 0.3 is 0 Å². The van der Waals surface area contributed by atoms with Crippen molar-refractivity contribution in [3.63, 3.8) is 0 Å². The van der Waals surface area contributed by atoms with E-state index in [4.69, 9.17) is 5.26 Å². The maximum absolute atomic E-state index is 12.0. The van der Waals surface area contributed by atoms with E-state index in [0.717, 1.165) is 30.9 Å². The summed E-state index contributed by atoms with van der Waals surface area (Å²) in [7, 11) is 0. The summed E-state index contributed by atoms with van der Waals surface area (Å²) in [4.78, 5) is 16.6. The SMILES string of the molecule is N#CCC(=O)c1nc(C2CCC2)n2c1CCCC2. The van der Waals surface area contributed by atoms with Crippen LogP contribution in [0.1, 0.15) is 66.4 Å². The van der Waals surface area contributed by atoms with Crippen molar-refractivity contribution in [2.45, 2.75) is 57.4 Å². The molecule has 18 heavy (non-hydrogen) atoms. The second kappa shape index (κ2) is 4.56. The van der Waals surface area contributed by atoms with Crippen LogP contribution in [0, 0.1) is 11.3 Å². The normalized spacial score (nSPS) is 18.8. The van der Waals surface area contributed by atoms with Gasteiger partial charge in [-0.15, -0.1) is 0 Å². The van der Waals surface area contributed by atoms with Crippen LogP contribution in [0.15, 0.2) is 0 Å². The van der Waals surface area contributed by atoms with Crippen LogP contribution in [0.25, 0.3) is 0 Å². The summed E-state index contributed by atoms with van der Waals surface area (Å²) in [6.45, 7) is 0.994. The van der Waals surface area contributed by atoms with E-state index in [0.29, 0.717) is 11.6 Å². The standard InChI is InChI=1S/C14H17N3O/c15-8-7-12(18)13-11-6-1-2-9-17(11)14(16-13)10-4-3-5-10/h10H,1-7,9H2. The van der Waals surface area contributed by atoms with Crippen LogP contribution in [-0.4, -0.2) is 15.3 Å². The molecule has 0 saturated heterocycles. The molecule has 2 aliphatic rings. The summed E-state index contributed by atoms with van der Waals surface area (Å²) in [6.07, 6.45) is 6.86. The first-order valence-electron chi connectivity index (χ1n) is 6.80. The van der Waals surface area contributed by atoms with Gasteiger partial charge in [0.1, 0.15) is 17.9 Å². The van der Waals surface area contributed by atoms with Crippen LogP contribution >= 0.6 is 0 Å². The Morgan fingerprint density at radius 2 is 2.22 bits per heavy atom. The lowest BCUT2D eigenvalue weighted by atomic mass is 9.84. The number of carbonyl (C=O) groups excluding carboxylic acids is 1. The van der Waals surface area contributed by atoms with Crippen LogP contribution in [0.4, 0.5) is 0 Å². The molecule has 0 atom stereocenters.